The lowest BCUT2D eigenvalue weighted by Gasteiger charge is -2.59. The highest BCUT2D eigenvalue weighted by molar-refractivity contribution is 5.85. The van der Waals surface area contributed by atoms with Gasteiger partial charge in [0.2, 0.25) is 0 Å². The molecule has 0 aromatic carbocycles. The van der Waals surface area contributed by atoms with Crippen molar-refractivity contribution in [3.8, 4) is 0 Å². The molecule has 2 fully saturated rings. The van der Waals surface area contributed by atoms with Crippen molar-refractivity contribution in [1.82, 2.24) is 4.90 Å². The lowest BCUT2D eigenvalue weighted by Crippen LogP contribution is -2.68. The highest BCUT2D eigenvalue weighted by Gasteiger charge is 2.64. The van der Waals surface area contributed by atoms with Crippen LogP contribution in [-0.2, 0) is 4.79 Å². The number of nitrogens with zero attached hydrogens (tertiary/aromatic N) is 1. The first-order valence-corrected chi connectivity index (χ1v) is 5.29. The van der Waals surface area contributed by atoms with E-state index in [-0.39, 0.29) is 22.7 Å². The van der Waals surface area contributed by atoms with Gasteiger partial charge in [0.1, 0.15) is 5.78 Å². The molecule has 1 aliphatic heterocycles. The fourth-order valence-electron chi connectivity index (χ4n) is 3.03. The number of rotatable bonds is 0. The summed E-state index contributed by atoms with van der Waals surface area (Å²) in [7, 11) is 0. The fourth-order valence-corrected chi connectivity index (χ4v) is 3.03. The molecule has 0 bridgehead atoms. The van der Waals surface area contributed by atoms with E-state index in [1.165, 1.54) is 4.90 Å². The van der Waals surface area contributed by atoms with Crippen molar-refractivity contribution in [3.05, 3.63) is 0 Å². The van der Waals surface area contributed by atoms with Gasteiger partial charge in [-0.1, -0.05) is 20.8 Å². The summed E-state index contributed by atoms with van der Waals surface area (Å²) in [5.74, 6) is 0.207. The number of Topliss-reactive ketones (excluding diaryl/α,β-unsaturated/α-hetero) is 1. The third kappa shape index (κ3) is 1.20. The van der Waals surface area contributed by atoms with Crippen LogP contribution < -0.4 is 0 Å². The van der Waals surface area contributed by atoms with Crippen LogP contribution in [0.2, 0.25) is 0 Å². The first kappa shape index (κ1) is 10.5. The van der Waals surface area contributed by atoms with Gasteiger partial charge in [-0.2, -0.15) is 0 Å². The molecule has 1 saturated carbocycles. The molecule has 0 aromatic rings. The Kier molecular flexibility index (Phi) is 1.91. The quantitative estimate of drug-likeness (QED) is 0.664. The molecule has 0 spiro atoms. The summed E-state index contributed by atoms with van der Waals surface area (Å²) in [6.07, 6.45) is 0.0590. The van der Waals surface area contributed by atoms with Crippen LogP contribution in [0.4, 0.5) is 4.79 Å². The molecule has 0 radical (unpaired) electrons. The highest BCUT2D eigenvalue weighted by Crippen LogP contribution is 2.58. The second-order valence-electron chi connectivity index (χ2n) is 5.75. The number of ketones is 1. The van der Waals surface area contributed by atoms with E-state index in [2.05, 4.69) is 20.8 Å². The number of likely N-dealkylation sites (tertiary alicyclic amines) is 1. The maximum absolute atomic E-state index is 11.5. The second-order valence-corrected chi connectivity index (χ2v) is 5.75. The minimum Gasteiger partial charge on any atom is -0.465 e. The van der Waals surface area contributed by atoms with Crippen molar-refractivity contribution >= 4 is 11.9 Å². The topological polar surface area (TPSA) is 57.6 Å². The average molecular weight is 211 g/mol. The fraction of sp³-hybridized carbons (Fsp3) is 0.818. The molecule has 15 heavy (non-hydrogen) atoms. The van der Waals surface area contributed by atoms with E-state index < -0.39 is 6.09 Å². The van der Waals surface area contributed by atoms with Gasteiger partial charge in [-0.05, 0) is 5.41 Å². The minimum atomic E-state index is -0.894. The number of carboxylic acid groups (broad SMARTS) is 1. The lowest BCUT2D eigenvalue weighted by atomic mass is 9.58. The predicted octanol–water partition coefficient (Wildman–Crippen LogP) is 1.74. The Bertz CT molecular complexity index is 331. The number of fused-ring (bicyclic) bond motifs is 1. The Balaban J connectivity index is 2.29. The summed E-state index contributed by atoms with van der Waals surface area (Å²) >= 11 is 0. The Morgan fingerprint density at radius 3 is 2.60 bits per heavy atom. The molecule has 84 valence electrons. The van der Waals surface area contributed by atoms with Crippen LogP contribution in [0, 0.1) is 10.8 Å². The second kappa shape index (κ2) is 2.74. The molecule has 4 heteroatoms. The summed E-state index contributed by atoms with van der Waals surface area (Å²) < 4.78 is 0. The molecular formula is C11H17NO3. The number of hydrogen-bond donors (Lipinski definition) is 1. The summed E-state index contributed by atoms with van der Waals surface area (Å²) in [6.45, 7) is 6.80. The first-order chi connectivity index (χ1) is 6.78. The van der Waals surface area contributed by atoms with Gasteiger partial charge in [-0.3, -0.25) is 4.79 Å². The number of amides is 1. The van der Waals surface area contributed by atoms with Crippen molar-refractivity contribution in [3.63, 3.8) is 0 Å². The summed E-state index contributed by atoms with van der Waals surface area (Å²) in [5, 5.41) is 8.96. The molecule has 1 aliphatic carbocycles. The third-order valence-corrected chi connectivity index (χ3v) is 4.14. The van der Waals surface area contributed by atoms with Crippen LogP contribution in [0.15, 0.2) is 0 Å². The average Bonchev–Trinajstić information content (AvgIpc) is 2.26. The molecule has 1 saturated heterocycles. The number of hydrogen-bond acceptors (Lipinski definition) is 2. The monoisotopic (exact) mass is 211 g/mol. The largest absolute Gasteiger partial charge is 0.465 e. The maximum atomic E-state index is 11.5. The van der Waals surface area contributed by atoms with Crippen LogP contribution in [0.1, 0.15) is 33.6 Å². The normalized spacial score (nSPS) is 35.0. The van der Waals surface area contributed by atoms with Crippen molar-refractivity contribution in [1.29, 1.82) is 0 Å². The minimum absolute atomic E-state index is 0.00419. The van der Waals surface area contributed by atoms with E-state index in [4.69, 9.17) is 5.11 Å². The molecule has 1 heterocycles. The van der Waals surface area contributed by atoms with Gasteiger partial charge in [0.05, 0.1) is 6.04 Å². The Morgan fingerprint density at radius 1 is 1.53 bits per heavy atom. The zero-order chi connectivity index (χ0) is 11.4. The Labute approximate surface area is 89.3 Å². The lowest BCUT2D eigenvalue weighted by molar-refractivity contribution is -0.120. The van der Waals surface area contributed by atoms with Crippen LogP contribution >= 0.6 is 0 Å². The molecule has 2 aliphatic rings. The zero-order valence-corrected chi connectivity index (χ0v) is 9.41. The number of carbonyl (C=O) groups excluding carboxylic acids is 1. The molecular weight excluding hydrogens is 194 g/mol. The molecule has 4 nitrogen and oxygen atoms in total. The molecule has 2 unspecified atom stereocenters. The van der Waals surface area contributed by atoms with Crippen LogP contribution in [-0.4, -0.2) is 34.5 Å². The van der Waals surface area contributed by atoms with Crippen LogP contribution in [0.3, 0.4) is 0 Å². The maximum Gasteiger partial charge on any atom is 0.407 e. The van der Waals surface area contributed by atoms with Crippen molar-refractivity contribution in [2.45, 2.75) is 39.7 Å². The molecule has 2 atom stereocenters. The van der Waals surface area contributed by atoms with Crippen molar-refractivity contribution in [2.75, 3.05) is 6.54 Å². The summed E-state index contributed by atoms with van der Waals surface area (Å²) in [5.41, 5.74) is -0.113. The van der Waals surface area contributed by atoms with Gasteiger partial charge in [0, 0.05) is 24.8 Å². The van der Waals surface area contributed by atoms with Gasteiger partial charge < -0.3 is 10.0 Å². The zero-order valence-electron chi connectivity index (χ0n) is 9.41. The molecule has 1 N–H and O–H groups in total. The molecule has 0 aromatic heterocycles. The van der Waals surface area contributed by atoms with Gasteiger partial charge >= 0.3 is 6.09 Å². The van der Waals surface area contributed by atoms with E-state index >= 15 is 0 Å². The first-order valence-electron chi connectivity index (χ1n) is 5.29. The van der Waals surface area contributed by atoms with E-state index in [1.54, 1.807) is 0 Å². The van der Waals surface area contributed by atoms with Gasteiger partial charge in [0.15, 0.2) is 0 Å². The Hall–Kier alpha value is -1.06. The van der Waals surface area contributed by atoms with Crippen LogP contribution in [0.5, 0.6) is 0 Å². The van der Waals surface area contributed by atoms with Gasteiger partial charge in [-0.25, -0.2) is 4.79 Å². The summed E-state index contributed by atoms with van der Waals surface area (Å²) in [6, 6.07) is -0.0810. The molecule has 2 rings (SSSR count). The van der Waals surface area contributed by atoms with Crippen molar-refractivity contribution < 1.29 is 14.7 Å². The third-order valence-electron chi connectivity index (χ3n) is 4.14. The predicted molar refractivity (Wildman–Crippen MR) is 54.6 cm³/mol. The van der Waals surface area contributed by atoms with E-state index in [0.29, 0.717) is 19.4 Å². The Morgan fingerprint density at radius 2 is 2.13 bits per heavy atom. The van der Waals surface area contributed by atoms with Crippen molar-refractivity contribution in [2.24, 2.45) is 10.8 Å². The van der Waals surface area contributed by atoms with E-state index in [1.807, 2.05) is 0 Å². The van der Waals surface area contributed by atoms with Crippen LogP contribution in [0.25, 0.3) is 0 Å². The van der Waals surface area contributed by atoms with E-state index in [9.17, 15) is 9.59 Å². The van der Waals surface area contributed by atoms with Gasteiger partial charge in [-0.15, -0.1) is 0 Å². The smallest absolute Gasteiger partial charge is 0.407 e. The van der Waals surface area contributed by atoms with Gasteiger partial charge in [0.25, 0.3) is 0 Å². The highest BCUT2D eigenvalue weighted by atomic mass is 16.4. The summed E-state index contributed by atoms with van der Waals surface area (Å²) in [4.78, 5) is 23.8. The van der Waals surface area contributed by atoms with E-state index in [0.717, 1.165) is 0 Å². The SMILES string of the molecule is CC(C)(C)C12CC(=O)CC1N(C(=O)O)C2. The standard InChI is InChI=1S/C11H17NO3/c1-10(2,3)11-5-7(13)4-8(11)12(6-11)9(14)15/h8H,4-6H2,1-3H3,(H,14,15). The molecule has 1 amide bonds. The number of carbonyl (C=O) groups is 2.